The fourth-order valence-electron chi connectivity index (χ4n) is 5.09. The number of nitrogens with zero attached hydrogens (tertiary/aromatic N) is 2. The highest BCUT2D eigenvalue weighted by Gasteiger charge is 2.33. The predicted octanol–water partition coefficient (Wildman–Crippen LogP) is 3.57. The van der Waals surface area contributed by atoms with Gasteiger partial charge in [-0.05, 0) is 81.0 Å². The van der Waals surface area contributed by atoms with Crippen molar-refractivity contribution < 1.29 is 23.9 Å². The van der Waals surface area contributed by atoms with Crippen LogP contribution in [0.2, 0.25) is 0 Å². The summed E-state index contributed by atoms with van der Waals surface area (Å²) < 4.78 is 5.81. The average Bonchev–Trinajstić information content (AvgIpc) is 2.96. The molecule has 3 N–H and O–H groups in total. The summed E-state index contributed by atoms with van der Waals surface area (Å²) in [5.74, 6) is -1.58. The molecule has 0 saturated carbocycles. The van der Waals surface area contributed by atoms with E-state index in [9.17, 15) is 19.2 Å². The van der Waals surface area contributed by atoms with Crippen LogP contribution in [0.1, 0.15) is 83.6 Å². The van der Waals surface area contributed by atoms with Crippen LogP contribution in [-0.2, 0) is 23.9 Å². The van der Waals surface area contributed by atoms with Crippen LogP contribution in [-0.4, -0.2) is 58.4 Å². The maximum Gasteiger partial charge on any atom is 0.325 e. The molecule has 1 aromatic carbocycles. The van der Waals surface area contributed by atoms with Gasteiger partial charge in [0.2, 0.25) is 11.8 Å². The van der Waals surface area contributed by atoms with Crippen LogP contribution in [0.4, 0.5) is 0 Å². The van der Waals surface area contributed by atoms with Crippen LogP contribution in [0.15, 0.2) is 36.5 Å². The zero-order valence-electron chi connectivity index (χ0n) is 24.3. The third-order valence-electron chi connectivity index (χ3n) is 7.57. The van der Waals surface area contributed by atoms with E-state index in [-0.39, 0.29) is 17.7 Å². The number of hydrogen-bond acceptors (Lipinski definition) is 7. The number of rotatable bonds is 1. The Kier molecular flexibility index (Phi) is 10.1. The van der Waals surface area contributed by atoms with Gasteiger partial charge in [-0.2, -0.15) is 0 Å². The van der Waals surface area contributed by atoms with Gasteiger partial charge < -0.3 is 15.4 Å². The summed E-state index contributed by atoms with van der Waals surface area (Å²) in [5, 5.41) is 8.94. The van der Waals surface area contributed by atoms with Crippen molar-refractivity contribution in [1.29, 1.82) is 0 Å². The number of carbonyl (C=O) groups excluding carboxylic acids is 4. The number of carbonyl (C=O) groups is 4. The molecule has 3 heterocycles. The molecule has 2 aromatic rings. The van der Waals surface area contributed by atoms with Gasteiger partial charge in [-0.1, -0.05) is 32.1 Å². The molecule has 0 unspecified atom stereocenters. The summed E-state index contributed by atoms with van der Waals surface area (Å²) >= 11 is 0. The number of hydrazine groups is 1. The van der Waals surface area contributed by atoms with Crippen molar-refractivity contribution in [2.45, 2.75) is 90.4 Å². The van der Waals surface area contributed by atoms with E-state index in [1.807, 2.05) is 63.4 Å². The molecule has 1 fully saturated rings. The molecule has 0 aliphatic carbocycles. The van der Waals surface area contributed by atoms with Gasteiger partial charge in [-0.3, -0.25) is 29.2 Å². The van der Waals surface area contributed by atoms with Crippen LogP contribution in [0.5, 0.6) is 0 Å². The van der Waals surface area contributed by atoms with E-state index >= 15 is 0 Å². The molecule has 10 heteroatoms. The third-order valence-corrected chi connectivity index (χ3v) is 7.57. The summed E-state index contributed by atoms with van der Waals surface area (Å²) in [6.45, 7) is 7.53. The van der Waals surface area contributed by atoms with Crippen LogP contribution in [0, 0.1) is 5.92 Å². The molecule has 41 heavy (non-hydrogen) atoms. The number of allylic oxidation sites excluding steroid dienone is 1. The molecule has 2 aliphatic rings. The molecular weight excluding hydrogens is 522 g/mol. The molecule has 1 aromatic heterocycles. The van der Waals surface area contributed by atoms with E-state index in [1.54, 1.807) is 6.92 Å². The van der Waals surface area contributed by atoms with Gasteiger partial charge in [0.25, 0.3) is 5.91 Å². The second-order valence-corrected chi connectivity index (χ2v) is 11.3. The fourth-order valence-corrected chi connectivity index (χ4v) is 5.09. The number of cyclic esters (lactones) is 1. The summed E-state index contributed by atoms with van der Waals surface area (Å²) in [7, 11) is 0. The Morgan fingerprint density at radius 2 is 1.80 bits per heavy atom. The van der Waals surface area contributed by atoms with Gasteiger partial charge in [-0.15, -0.1) is 0 Å². The second-order valence-electron chi connectivity index (χ2n) is 11.3. The normalized spacial score (nSPS) is 26.4. The first-order valence-corrected chi connectivity index (χ1v) is 14.6. The number of benzene rings is 1. The number of aromatic nitrogens is 1. The molecule has 0 spiro atoms. The first kappa shape index (κ1) is 30.2. The predicted molar refractivity (Wildman–Crippen MR) is 156 cm³/mol. The Hall–Kier alpha value is -3.79. The maximum atomic E-state index is 13.2. The number of nitrogens with one attached hydrogen (secondary N) is 3. The highest BCUT2D eigenvalue weighted by atomic mass is 16.5. The van der Waals surface area contributed by atoms with E-state index in [0.717, 1.165) is 34.9 Å². The van der Waals surface area contributed by atoms with Gasteiger partial charge in [0.15, 0.2) is 0 Å². The van der Waals surface area contributed by atoms with Gasteiger partial charge in [0.1, 0.15) is 24.2 Å². The SMILES string of the molecule is CC(C)[C@@H]1NC(=O)CCCC/C=C/c2cc3cc(ccc3cn2)[C@@H](C)OC(=O)[C@@H]2CCCN(N2)C(=O)[C@H](C)NC1=O. The lowest BCUT2D eigenvalue weighted by atomic mass is 10.0. The van der Waals surface area contributed by atoms with Crippen molar-refractivity contribution in [3.05, 3.63) is 47.8 Å². The fraction of sp³-hybridized carbons (Fsp3) is 0.516. The molecule has 0 radical (unpaired) electrons. The number of ether oxygens (including phenoxy) is 1. The minimum atomic E-state index is -0.851. The third kappa shape index (κ3) is 7.91. The lowest BCUT2D eigenvalue weighted by Crippen LogP contribution is -2.61. The standard InChI is InChI=1S/C31H41N5O5/c1-19(2)28-29(38)33-20(3)30(39)36-15-9-11-26(35-36)31(40)41-21(4)22-13-14-23-18-32-25(17-24(23)16-22)10-7-5-6-8-12-27(37)34-28/h7,10,13-14,16-21,26,28,35H,5-6,8-9,11-12,15H2,1-4H3,(H,33,38)(H,34,37)/b10-7+/t20-,21+,26-,28-/m0/s1. The van der Waals surface area contributed by atoms with Crippen molar-refractivity contribution in [3.63, 3.8) is 0 Å². The molecule has 4 atom stereocenters. The summed E-state index contributed by atoms with van der Waals surface area (Å²) in [6, 6.07) is 5.59. The van der Waals surface area contributed by atoms with Gasteiger partial charge in [0.05, 0.1) is 5.69 Å². The lowest BCUT2D eigenvalue weighted by Gasteiger charge is -2.35. The zero-order chi connectivity index (χ0) is 29.5. The van der Waals surface area contributed by atoms with E-state index in [4.69, 9.17) is 4.74 Å². The topological polar surface area (TPSA) is 130 Å². The number of fused-ring (bicyclic) bond motifs is 4. The van der Waals surface area contributed by atoms with Crippen molar-refractivity contribution in [2.24, 2.45) is 5.92 Å². The summed E-state index contributed by atoms with van der Waals surface area (Å²) in [6.07, 6.45) is 9.08. The minimum Gasteiger partial charge on any atom is -0.457 e. The van der Waals surface area contributed by atoms with Crippen LogP contribution in [0.25, 0.3) is 16.8 Å². The van der Waals surface area contributed by atoms with Crippen molar-refractivity contribution >= 4 is 40.5 Å². The maximum absolute atomic E-state index is 13.2. The van der Waals surface area contributed by atoms with Crippen LogP contribution in [0.3, 0.4) is 0 Å². The van der Waals surface area contributed by atoms with E-state index in [0.29, 0.717) is 32.2 Å². The lowest BCUT2D eigenvalue weighted by molar-refractivity contribution is -0.157. The van der Waals surface area contributed by atoms with Crippen molar-refractivity contribution in [3.8, 4) is 0 Å². The van der Waals surface area contributed by atoms with E-state index in [1.165, 1.54) is 5.01 Å². The molecule has 4 rings (SSSR count). The first-order valence-electron chi connectivity index (χ1n) is 14.6. The van der Waals surface area contributed by atoms with Crippen LogP contribution >= 0.6 is 0 Å². The molecule has 3 amide bonds. The number of amides is 3. The van der Waals surface area contributed by atoms with Crippen molar-refractivity contribution in [1.82, 2.24) is 26.1 Å². The van der Waals surface area contributed by atoms with Gasteiger partial charge >= 0.3 is 5.97 Å². The van der Waals surface area contributed by atoms with E-state index < -0.39 is 36.1 Å². The number of hydrogen-bond donors (Lipinski definition) is 3. The summed E-state index contributed by atoms with van der Waals surface area (Å²) in [5.41, 5.74) is 4.68. The first-order chi connectivity index (χ1) is 19.6. The summed E-state index contributed by atoms with van der Waals surface area (Å²) in [4.78, 5) is 56.5. The van der Waals surface area contributed by atoms with Crippen molar-refractivity contribution in [2.75, 3.05) is 6.54 Å². The minimum absolute atomic E-state index is 0.165. The van der Waals surface area contributed by atoms with Crippen LogP contribution < -0.4 is 16.1 Å². The molecular formula is C31H41N5O5. The smallest absolute Gasteiger partial charge is 0.325 e. The molecule has 1 saturated heterocycles. The molecule has 220 valence electrons. The Bertz CT molecular complexity index is 1310. The molecule has 10 nitrogen and oxygen atoms in total. The zero-order valence-corrected chi connectivity index (χ0v) is 24.3. The largest absolute Gasteiger partial charge is 0.457 e. The monoisotopic (exact) mass is 563 g/mol. The Labute approximate surface area is 241 Å². The van der Waals surface area contributed by atoms with E-state index in [2.05, 4.69) is 21.0 Å². The number of pyridine rings is 1. The quantitative estimate of drug-likeness (QED) is 0.453. The average molecular weight is 564 g/mol. The molecule has 2 aliphatic heterocycles. The van der Waals surface area contributed by atoms with Gasteiger partial charge in [0, 0.05) is 24.5 Å². The molecule has 5 bridgehead atoms. The number of esters is 1. The van der Waals surface area contributed by atoms with Gasteiger partial charge in [-0.25, -0.2) is 5.43 Å². The highest BCUT2D eigenvalue weighted by Crippen LogP contribution is 2.24. The Morgan fingerprint density at radius 1 is 1.00 bits per heavy atom. The Balaban J connectivity index is 1.56. The Morgan fingerprint density at radius 3 is 2.59 bits per heavy atom. The second kappa shape index (κ2) is 13.7. The highest BCUT2D eigenvalue weighted by molar-refractivity contribution is 5.92.